The van der Waals surface area contributed by atoms with Crippen molar-refractivity contribution in [3.05, 3.63) is 35.1 Å². The van der Waals surface area contributed by atoms with Crippen molar-refractivity contribution in [1.82, 2.24) is 10.2 Å². The highest BCUT2D eigenvalue weighted by molar-refractivity contribution is 5.34. The van der Waals surface area contributed by atoms with Gasteiger partial charge in [-0.1, -0.05) is 12.1 Å². The zero-order valence-electron chi connectivity index (χ0n) is 11.5. The average Bonchev–Trinajstić information content (AvgIpc) is 2.94. The van der Waals surface area contributed by atoms with Crippen molar-refractivity contribution < 1.29 is 9.50 Å². The number of nitrogens with one attached hydrogen (secondary N) is 1. The van der Waals surface area contributed by atoms with E-state index in [1.54, 1.807) is 12.1 Å². The van der Waals surface area contributed by atoms with Crippen molar-refractivity contribution in [2.45, 2.75) is 25.4 Å². The third-order valence-corrected chi connectivity index (χ3v) is 3.65. The zero-order valence-corrected chi connectivity index (χ0v) is 11.5. The van der Waals surface area contributed by atoms with Gasteiger partial charge in [-0.05, 0) is 25.5 Å². The minimum Gasteiger partial charge on any atom is -0.395 e. The molecule has 0 bridgehead atoms. The van der Waals surface area contributed by atoms with Crippen molar-refractivity contribution >= 4 is 0 Å². The molecule has 20 heavy (non-hydrogen) atoms. The molecule has 1 fully saturated rings. The number of rotatable bonds is 6. The first-order valence-corrected chi connectivity index (χ1v) is 6.98. The second-order valence-electron chi connectivity index (χ2n) is 5.14. The molecule has 1 atom stereocenters. The van der Waals surface area contributed by atoms with Crippen molar-refractivity contribution in [3.8, 4) is 6.07 Å². The van der Waals surface area contributed by atoms with Gasteiger partial charge in [0.25, 0.3) is 0 Å². The van der Waals surface area contributed by atoms with Crippen LogP contribution in [-0.4, -0.2) is 42.3 Å². The van der Waals surface area contributed by atoms with Gasteiger partial charge in [-0.3, -0.25) is 4.90 Å². The Balaban J connectivity index is 2.05. The molecule has 0 spiro atoms. The lowest BCUT2D eigenvalue weighted by Gasteiger charge is -2.25. The summed E-state index contributed by atoms with van der Waals surface area (Å²) in [7, 11) is 0. The summed E-state index contributed by atoms with van der Waals surface area (Å²) in [6.07, 6.45) is 2.28. The fourth-order valence-electron chi connectivity index (χ4n) is 2.63. The quantitative estimate of drug-likeness (QED) is 0.821. The lowest BCUT2D eigenvalue weighted by Crippen LogP contribution is -2.38. The van der Waals surface area contributed by atoms with Gasteiger partial charge in [-0.25, -0.2) is 4.39 Å². The molecule has 2 rings (SSSR count). The first kappa shape index (κ1) is 14.9. The van der Waals surface area contributed by atoms with Crippen molar-refractivity contribution in [3.63, 3.8) is 0 Å². The highest BCUT2D eigenvalue weighted by atomic mass is 19.1. The molecule has 1 aromatic carbocycles. The molecule has 4 nitrogen and oxygen atoms in total. The van der Waals surface area contributed by atoms with Crippen LogP contribution < -0.4 is 5.32 Å². The molecule has 1 unspecified atom stereocenters. The van der Waals surface area contributed by atoms with Gasteiger partial charge in [0.15, 0.2) is 0 Å². The Kier molecular flexibility index (Phi) is 5.48. The van der Waals surface area contributed by atoms with Crippen molar-refractivity contribution in [1.29, 1.82) is 5.26 Å². The first-order valence-electron chi connectivity index (χ1n) is 6.98. The predicted octanol–water partition coefficient (Wildman–Crippen LogP) is 1.24. The van der Waals surface area contributed by atoms with E-state index in [2.05, 4.69) is 5.32 Å². The van der Waals surface area contributed by atoms with Crippen LogP contribution in [0.1, 0.15) is 24.0 Å². The summed E-state index contributed by atoms with van der Waals surface area (Å²) in [6.45, 7) is 2.79. The van der Waals surface area contributed by atoms with E-state index in [0.29, 0.717) is 24.7 Å². The highest BCUT2D eigenvalue weighted by Gasteiger charge is 2.19. The SMILES string of the molecule is N#Cc1cccc(CN(CCO)CC2CCCN2)c1F. The maximum Gasteiger partial charge on any atom is 0.145 e. The first-order chi connectivity index (χ1) is 9.74. The summed E-state index contributed by atoms with van der Waals surface area (Å²) in [6, 6.07) is 7.14. The van der Waals surface area contributed by atoms with Gasteiger partial charge in [0.1, 0.15) is 11.9 Å². The number of hydrogen-bond acceptors (Lipinski definition) is 4. The van der Waals surface area contributed by atoms with Crippen LogP contribution in [0.25, 0.3) is 0 Å². The summed E-state index contributed by atoms with van der Waals surface area (Å²) in [5.41, 5.74) is 0.584. The molecule has 0 aromatic heterocycles. The van der Waals surface area contributed by atoms with E-state index in [-0.39, 0.29) is 12.2 Å². The molecule has 1 aliphatic rings. The van der Waals surface area contributed by atoms with Gasteiger partial charge in [0.05, 0.1) is 12.2 Å². The molecule has 0 radical (unpaired) electrons. The summed E-state index contributed by atoms with van der Waals surface area (Å²) < 4.78 is 14.1. The lowest BCUT2D eigenvalue weighted by atomic mass is 10.1. The third-order valence-electron chi connectivity index (χ3n) is 3.65. The van der Waals surface area contributed by atoms with Crippen LogP contribution in [0.2, 0.25) is 0 Å². The lowest BCUT2D eigenvalue weighted by molar-refractivity contribution is 0.177. The molecule has 1 aromatic rings. The minimum absolute atomic E-state index is 0.0479. The normalized spacial score (nSPS) is 18.4. The van der Waals surface area contributed by atoms with E-state index in [0.717, 1.165) is 25.9 Å². The standard InChI is InChI=1S/C15H20FN3O/c16-15-12(9-17)3-1-4-13(15)10-19(7-8-20)11-14-5-2-6-18-14/h1,3-4,14,18,20H,2,5-8,10-11H2. The second-order valence-corrected chi connectivity index (χ2v) is 5.14. The average molecular weight is 277 g/mol. The maximum absolute atomic E-state index is 14.1. The number of aliphatic hydroxyl groups is 1. The van der Waals surface area contributed by atoms with Crippen LogP contribution in [-0.2, 0) is 6.54 Å². The monoisotopic (exact) mass is 277 g/mol. The fraction of sp³-hybridized carbons (Fsp3) is 0.533. The Labute approximate surface area is 118 Å². The predicted molar refractivity (Wildman–Crippen MR) is 74.5 cm³/mol. The fourth-order valence-corrected chi connectivity index (χ4v) is 2.63. The maximum atomic E-state index is 14.1. The number of halogens is 1. The summed E-state index contributed by atoms with van der Waals surface area (Å²) in [5.74, 6) is -0.447. The number of benzene rings is 1. The van der Waals surface area contributed by atoms with Crippen molar-refractivity contribution in [2.24, 2.45) is 0 Å². The molecule has 0 aliphatic carbocycles. The molecule has 5 heteroatoms. The summed E-state index contributed by atoms with van der Waals surface area (Å²) >= 11 is 0. The molecule has 1 heterocycles. The Morgan fingerprint density at radius 1 is 1.50 bits per heavy atom. The van der Waals surface area contributed by atoms with Gasteiger partial charge < -0.3 is 10.4 Å². The summed E-state index contributed by atoms with van der Waals surface area (Å²) in [4.78, 5) is 2.03. The Hall–Kier alpha value is -1.48. The number of nitrogens with zero attached hydrogens (tertiary/aromatic N) is 2. The third kappa shape index (κ3) is 3.76. The smallest absolute Gasteiger partial charge is 0.145 e. The topological polar surface area (TPSA) is 59.3 Å². The number of hydrogen-bond donors (Lipinski definition) is 2. The van der Waals surface area contributed by atoms with Gasteiger partial charge in [0, 0.05) is 31.2 Å². The van der Waals surface area contributed by atoms with E-state index in [4.69, 9.17) is 10.4 Å². The van der Waals surface area contributed by atoms with Crippen LogP contribution in [0, 0.1) is 17.1 Å². The van der Waals surface area contributed by atoms with Crippen LogP contribution in [0.5, 0.6) is 0 Å². The number of nitriles is 1. The second kappa shape index (κ2) is 7.34. The van der Waals surface area contributed by atoms with Crippen LogP contribution in [0.4, 0.5) is 4.39 Å². The molecule has 108 valence electrons. The Morgan fingerprint density at radius 3 is 3.00 bits per heavy atom. The Morgan fingerprint density at radius 2 is 2.35 bits per heavy atom. The number of aliphatic hydroxyl groups excluding tert-OH is 1. The van der Waals surface area contributed by atoms with Gasteiger partial charge >= 0.3 is 0 Å². The molecule has 0 saturated carbocycles. The zero-order chi connectivity index (χ0) is 14.4. The van der Waals surface area contributed by atoms with Gasteiger partial charge in [0.2, 0.25) is 0 Å². The molecule has 2 N–H and O–H groups in total. The van der Waals surface area contributed by atoms with E-state index in [1.807, 2.05) is 11.0 Å². The van der Waals surface area contributed by atoms with E-state index < -0.39 is 5.82 Å². The van der Waals surface area contributed by atoms with Crippen LogP contribution >= 0.6 is 0 Å². The summed E-state index contributed by atoms with van der Waals surface area (Å²) in [5, 5.41) is 21.4. The van der Waals surface area contributed by atoms with Crippen molar-refractivity contribution in [2.75, 3.05) is 26.2 Å². The van der Waals surface area contributed by atoms with Crippen LogP contribution in [0.3, 0.4) is 0 Å². The largest absolute Gasteiger partial charge is 0.395 e. The van der Waals surface area contributed by atoms with E-state index in [1.165, 1.54) is 6.07 Å². The van der Waals surface area contributed by atoms with E-state index >= 15 is 0 Å². The highest BCUT2D eigenvalue weighted by Crippen LogP contribution is 2.15. The minimum atomic E-state index is -0.447. The van der Waals surface area contributed by atoms with Gasteiger partial charge in [-0.15, -0.1) is 0 Å². The molecular weight excluding hydrogens is 257 g/mol. The Bertz CT molecular complexity index is 480. The molecule has 0 amide bonds. The molecular formula is C15H20FN3O. The molecule has 1 aliphatic heterocycles. The van der Waals surface area contributed by atoms with E-state index in [9.17, 15) is 4.39 Å². The van der Waals surface area contributed by atoms with Crippen LogP contribution in [0.15, 0.2) is 18.2 Å². The molecule has 1 saturated heterocycles. The van der Waals surface area contributed by atoms with Gasteiger partial charge in [-0.2, -0.15) is 5.26 Å².